The van der Waals surface area contributed by atoms with Crippen LogP contribution in [0.2, 0.25) is 0 Å². The van der Waals surface area contributed by atoms with Gasteiger partial charge in [0.1, 0.15) is 0 Å². The smallest absolute Gasteiger partial charge is 0.227 e. The molecule has 2 fully saturated rings. The minimum absolute atomic E-state index is 0.238. The molecule has 1 saturated heterocycles. The predicted molar refractivity (Wildman–Crippen MR) is 77.3 cm³/mol. The van der Waals surface area contributed by atoms with Gasteiger partial charge in [0.05, 0.1) is 0 Å². The molecule has 0 bridgehead atoms. The largest absolute Gasteiger partial charge is 0.382 e. The minimum atomic E-state index is 0.238. The molecule has 1 amide bonds. The molecule has 1 aromatic rings. The van der Waals surface area contributed by atoms with Crippen LogP contribution >= 0.6 is 0 Å². The van der Waals surface area contributed by atoms with Crippen molar-refractivity contribution in [1.29, 1.82) is 0 Å². The van der Waals surface area contributed by atoms with E-state index < -0.39 is 0 Å². The van der Waals surface area contributed by atoms with Crippen molar-refractivity contribution in [2.24, 2.45) is 5.73 Å². The molecule has 1 aliphatic carbocycles. The molecule has 102 valence electrons. The average Bonchev–Trinajstić information content (AvgIpc) is 3.00. The van der Waals surface area contributed by atoms with Crippen molar-refractivity contribution in [2.45, 2.75) is 44.2 Å². The van der Waals surface area contributed by atoms with Crippen molar-refractivity contribution in [3.05, 3.63) is 24.3 Å². The van der Waals surface area contributed by atoms with Crippen molar-refractivity contribution in [3.8, 4) is 0 Å². The highest BCUT2D eigenvalue weighted by atomic mass is 16.2. The van der Waals surface area contributed by atoms with Crippen molar-refractivity contribution in [1.82, 2.24) is 0 Å². The Morgan fingerprint density at radius 1 is 1.21 bits per heavy atom. The van der Waals surface area contributed by atoms with Crippen LogP contribution in [0.4, 0.5) is 11.4 Å². The van der Waals surface area contributed by atoms with Gasteiger partial charge in [-0.25, -0.2) is 0 Å². The molecule has 4 nitrogen and oxygen atoms in total. The van der Waals surface area contributed by atoms with Crippen LogP contribution in [-0.4, -0.2) is 24.5 Å². The van der Waals surface area contributed by atoms with E-state index in [1.807, 2.05) is 17.0 Å². The molecule has 19 heavy (non-hydrogen) atoms. The summed E-state index contributed by atoms with van der Waals surface area (Å²) in [6.45, 7) is 0.850. The second kappa shape index (κ2) is 5.21. The highest BCUT2D eigenvalue weighted by molar-refractivity contribution is 5.95. The van der Waals surface area contributed by atoms with Crippen LogP contribution in [0.5, 0.6) is 0 Å². The number of hydrogen-bond acceptors (Lipinski definition) is 3. The highest BCUT2D eigenvalue weighted by Gasteiger charge is 2.23. The van der Waals surface area contributed by atoms with Crippen LogP contribution in [-0.2, 0) is 4.79 Å². The zero-order valence-corrected chi connectivity index (χ0v) is 11.1. The Bertz CT molecular complexity index is 457. The normalized spacial score (nSPS) is 27.0. The van der Waals surface area contributed by atoms with Crippen molar-refractivity contribution >= 4 is 17.3 Å². The van der Waals surface area contributed by atoms with Crippen molar-refractivity contribution in [3.63, 3.8) is 0 Å². The van der Waals surface area contributed by atoms with Crippen LogP contribution in [0.1, 0.15) is 32.1 Å². The number of rotatable bonds is 3. The molecule has 3 rings (SSSR count). The fourth-order valence-corrected chi connectivity index (χ4v) is 3.04. The van der Waals surface area contributed by atoms with Gasteiger partial charge in [-0.2, -0.15) is 0 Å². The van der Waals surface area contributed by atoms with Gasteiger partial charge < -0.3 is 16.0 Å². The number of amides is 1. The number of carbonyl (C=O) groups excluding carboxylic acids is 1. The molecular weight excluding hydrogens is 238 g/mol. The van der Waals surface area contributed by atoms with Gasteiger partial charge >= 0.3 is 0 Å². The Balaban J connectivity index is 1.64. The summed E-state index contributed by atoms with van der Waals surface area (Å²) in [5.41, 5.74) is 8.05. The molecule has 2 unspecified atom stereocenters. The van der Waals surface area contributed by atoms with Gasteiger partial charge in [0.15, 0.2) is 0 Å². The first-order chi connectivity index (χ1) is 9.22. The summed E-state index contributed by atoms with van der Waals surface area (Å²) in [5, 5.41) is 3.52. The number of nitrogens with zero attached hydrogens (tertiary/aromatic N) is 1. The second-order valence-corrected chi connectivity index (χ2v) is 5.61. The average molecular weight is 259 g/mol. The summed E-state index contributed by atoms with van der Waals surface area (Å²) in [6.07, 6.45) is 4.96. The zero-order valence-electron chi connectivity index (χ0n) is 11.1. The molecule has 2 aliphatic rings. The number of anilines is 2. The third kappa shape index (κ3) is 2.73. The lowest BCUT2D eigenvalue weighted by Gasteiger charge is -2.18. The first kappa shape index (κ1) is 12.5. The summed E-state index contributed by atoms with van der Waals surface area (Å²) in [5.74, 6) is 0.238. The Hall–Kier alpha value is -1.55. The maximum absolute atomic E-state index is 11.7. The Morgan fingerprint density at radius 2 is 2.00 bits per heavy atom. The van der Waals surface area contributed by atoms with Gasteiger partial charge in [0, 0.05) is 36.4 Å². The molecule has 4 heteroatoms. The second-order valence-electron chi connectivity index (χ2n) is 5.61. The van der Waals surface area contributed by atoms with Crippen LogP contribution in [0, 0.1) is 0 Å². The lowest BCUT2D eigenvalue weighted by Crippen LogP contribution is -2.23. The van der Waals surface area contributed by atoms with E-state index in [0.29, 0.717) is 18.5 Å². The SMILES string of the molecule is NC1CCC(Nc2ccc(N3CCCC3=O)cc2)C1. The quantitative estimate of drug-likeness (QED) is 0.874. The summed E-state index contributed by atoms with van der Waals surface area (Å²) in [6, 6.07) is 9.02. The maximum atomic E-state index is 11.7. The fourth-order valence-electron chi connectivity index (χ4n) is 3.04. The third-order valence-electron chi connectivity index (χ3n) is 4.10. The van der Waals surface area contributed by atoms with Crippen LogP contribution in [0.25, 0.3) is 0 Å². The van der Waals surface area contributed by atoms with Crippen LogP contribution in [0.15, 0.2) is 24.3 Å². The maximum Gasteiger partial charge on any atom is 0.227 e. The first-order valence-electron chi connectivity index (χ1n) is 7.15. The predicted octanol–water partition coefficient (Wildman–Crippen LogP) is 2.11. The number of nitrogens with one attached hydrogen (secondary N) is 1. The highest BCUT2D eigenvalue weighted by Crippen LogP contribution is 2.25. The molecule has 1 aliphatic heterocycles. The molecular formula is C15H21N3O. The summed E-state index contributed by atoms with van der Waals surface area (Å²) in [7, 11) is 0. The van der Waals surface area contributed by atoms with Gasteiger partial charge in [-0.05, 0) is 49.9 Å². The molecule has 3 N–H and O–H groups in total. The first-order valence-corrected chi connectivity index (χ1v) is 7.15. The van der Waals surface area contributed by atoms with Crippen molar-refractivity contribution < 1.29 is 4.79 Å². The van der Waals surface area contributed by atoms with Crippen LogP contribution in [0.3, 0.4) is 0 Å². The van der Waals surface area contributed by atoms with E-state index in [0.717, 1.165) is 43.6 Å². The van der Waals surface area contributed by atoms with E-state index in [2.05, 4.69) is 17.4 Å². The monoisotopic (exact) mass is 259 g/mol. The van der Waals surface area contributed by atoms with E-state index >= 15 is 0 Å². The topological polar surface area (TPSA) is 58.4 Å². The lowest BCUT2D eigenvalue weighted by atomic mass is 10.2. The molecule has 2 atom stereocenters. The van der Waals surface area contributed by atoms with Gasteiger partial charge in [-0.3, -0.25) is 4.79 Å². The summed E-state index contributed by atoms with van der Waals surface area (Å²) in [4.78, 5) is 13.5. The number of hydrogen-bond donors (Lipinski definition) is 2. The summed E-state index contributed by atoms with van der Waals surface area (Å²) < 4.78 is 0. The Kier molecular flexibility index (Phi) is 3.42. The molecule has 1 saturated carbocycles. The molecule has 1 heterocycles. The van der Waals surface area contributed by atoms with Gasteiger partial charge in [0.2, 0.25) is 5.91 Å². The van der Waals surface area contributed by atoms with E-state index in [4.69, 9.17) is 5.73 Å². The standard InChI is InChI=1S/C15H21N3O/c16-11-3-4-13(10-11)17-12-5-7-14(8-6-12)18-9-1-2-15(18)19/h5-8,11,13,17H,1-4,9-10,16H2. The fraction of sp³-hybridized carbons (Fsp3) is 0.533. The molecule has 0 aromatic heterocycles. The van der Waals surface area contributed by atoms with Gasteiger partial charge in [-0.15, -0.1) is 0 Å². The Morgan fingerprint density at radius 3 is 2.58 bits per heavy atom. The van der Waals surface area contributed by atoms with E-state index in [9.17, 15) is 4.79 Å². The van der Waals surface area contributed by atoms with Gasteiger partial charge in [-0.1, -0.05) is 0 Å². The number of carbonyl (C=O) groups is 1. The van der Waals surface area contributed by atoms with E-state index in [-0.39, 0.29) is 5.91 Å². The van der Waals surface area contributed by atoms with Crippen LogP contribution < -0.4 is 16.0 Å². The molecule has 0 radical (unpaired) electrons. The summed E-state index contributed by atoms with van der Waals surface area (Å²) >= 11 is 0. The minimum Gasteiger partial charge on any atom is -0.382 e. The number of benzene rings is 1. The van der Waals surface area contributed by atoms with E-state index in [1.165, 1.54) is 0 Å². The molecule has 1 aromatic carbocycles. The van der Waals surface area contributed by atoms with Gasteiger partial charge in [0.25, 0.3) is 0 Å². The molecule has 0 spiro atoms. The van der Waals surface area contributed by atoms with E-state index in [1.54, 1.807) is 0 Å². The lowest BCUT2D eigenvalue weighted by molar-refractivity contribution is -0.117. The third-order valence-corrected chi connectivity index (χ3v) is 4.10. The Labute approximate surface area is 114 Å². The number of nitrogens with two attached hydrogens (primary N) is 1. The zero-order chi connectivity index (χ0) is 13.2. The van der Waals surface area contributed by atoms with Crippen molar-refractivity contribution in [2.75, 3.05) is 16.8 Å².